The van der Waals surface area contributed by atoms with E-state index in [9.17, 15) is 9.59 Å². The van der Waals surface area contributed by atoms with Gasteiger partial charge in [0.15, 0.2) is 0 Å². The van der Waals surface area contributed by atoms with Crippen LogP contribution in [-0.2, 0) is 9.53 Å². The molecule has 1 atom stereocenters. The molecule has 1 rings (SSSR count). The number of rotatable bonds is 3. The van der Waals surface area contributed by atoms with Crippen molar-refractivity contribution in [3.63, 3.8) is 0 Å². The Hall–Kier alpha value is -2.04. The van der Waals surface area contributed by atoms with E-state index in [2.05, 4.69) is 10.1 Å². The third-order valence-corrected chi connectivity index (χ3v) is 2.23. The number of carbonyl (C=O) groups is 2. The van der Waals surface area contributed by atoms with Crippen LogP contribution in [0.15, 0.2) is 24.3 Å². The van der Waals surface area contributed by atoms with Crippen LogP contribution >= 0.6 is 0 Å². The molecule has 1 aromatic carbocycles. The molecule has 2 amide bonds. The van der Waals surface area contributed by atoms with E-state index in [1.807, 2.05) is 0 Å². The summed E-state index contributed by atoms with van der Waals surface area (Å²) in [5.74, 6) is -0.622. The highest BCUT2D eigenvalue weighted by molar-refractivity contribution is 5.87. The smallest absolute Gasteiger partial charge is 0.316 e. The van der Waals surface area contributed by atoms with Gasteiger partial charge in [-0.1, -0.05) is 12.1 Å². The number of benzene rings is 1. The van der Waals surface area contributed by atoms with Crippen LogP contribution in [0.2, 0.25) is 0 Å². The van der Waals surface area contributed by atoms with Crippen LogP contribution in [0.25, 0.3) is 0 Å². The number of anilines is 1. The molecule has 0 saturated carbocycles. The number of methoxy groups -OCH3 is 1. The van der Waals surface area contributed by atoms with E-state index in [1.54, 1.807) is 31.2 Å². The number of ether oxygens (including phenoxy) is 1. The lowest BCUT2D eigenvalue weighted by molar-refractivity contribution is -0.141. The molecule has 1 aromatic rings. The third kappa shape index (κ3) is 2.98. The lowest BCUT2D eigenvalue weighted by atomic mass is 10.0. The molecule has 5 heteroatoms. The quantitative estimate of drug-likeness (QED) is 0.759. The minimum atomic E-state index is -0.617. The first-order chi connectivity index (χ1) is 7.54. The van der Waals surface area contributed by atoms with Crippen LogP contribution in [0.3, 0.4) is 0 Å². The van der Waals surface area contributed by atoms with E-state index in [0.29, 0.717) is 5.69 Å². The van der Waals surface area contributed by atoms with E-state index >= 15 is 0 Å². The van der Waals surface area contributed by atoms with Gasteiger partial charge in [0.05, 0.1) is 13.0 Å². The highest BCUT2D eigenvalue weighted by atomic mass is 16.5. The summed E-state index contributed by atoms with van der Waals surface area (Å²) in [6.45, 7) is 1.75. The first-order valence-corrected chi connectivity index (χ1v) is 4.79. The Balaban J connectivity index is 2.78. The van der Waals surface area contributed by atoms with Gasteiger partial charge in [-0.25, -0.2) is 4.79 Å². The van der Waals surface area contributed by atoms with Crippen molar-refractivity contribution in [1.82, 2.24) is 0 Å². The van der Waals surface area contributed by atoms with Gasteiger partial charge < -0.3 is 15.8 Å². The highest BCUT2D eigenvalue weighted by Gasteiger charge is 2.14. The molecule has 0 saturated heterocycles. The third-order valence-electron chi connectivity index (χ3n) is 2.23. The Morgan fingerprint density at radius 1 is 1.31 bits per heavy atom. The summed E-state index contributed by atoms with van der Waals surface area (Å²) in [6.07, 6.45) is 0. The van der Waals surface area contributed by atoms with Crippen molar-refractivity contribution in [3.05, 3.63) is 29.8 Å². The van der Waals surface area contributed by atoms with E-state index in [4.69, 9.17) is 5.73 Å². The van der Waals surface area contributed by atoms with Crippen LogP contribution in [0.4, 0.5) is 10.5 Å². The average Bonchev–Trinajstić information content (AvgIpc) is 2.27. The SMILES string of the molecule is COC(=O)[C@@H](C)c1ccc(NC(N)=O)cc1. The van der Waals surface area contributed by atoms with Crippen molar-refractivity contribution in [2.75, 3.05) is 12.4 Å². The standard InChI is InChI=1S/C11H14N2O3/c1-7(10(14)16-2)8-3-5-9(6-4-8)13-11(12)15/h3-7H,1-2H3,(H3,12,13,15)/t7-/m0/s1. The second kappa shape index (κ2) is 5.16. The molecular formula is C11H14N2O3. The first-order valence-electron chi connectivity index (χ1n) is 4.79. The Labute approximate surface area is 93.6 Å². The van der Waals surface area contributed by atoms with Crippen LogP contribution in [0.5, 0.6) is 0 Å². The lowest BCUT2D eigenvalue weighted by Gasteiger charge is -2.10. The van der Waals surface area contributed by atoms with Gasteiger partial charge >= 0.3 is 12.0 Å². The molecule has 5 nitrogen and oxygen atoms in total. The van der Waals surface area contributed by atoms with E-state index < -0.39 is 6.03 Å². The molecule has 86 valence electrons. The maximum atomic E-state index is 11.3. The van der Waals surface area contributed by atoms with Gasteiger partial charge in [0, 0.05) is 5.69 Å². The fourth-order valence-electron chi connectivity index (χ4n) is 1.31. The number of esters is 1. The number of hydrogen-bond acceptors (Lipinski definition) is 3. The Bertz CT molecular complexity index is 387. The van der Waals surface area contributed by atoms with Crippen LogP contribution < -0.4 is 11.1 Å². The zero-order valence-corrected chi connectivity index (χ0v) is 9.19. The molecule has 0 fully saturated rings. The summed E-state index contributed by atoms with van der Waals surface area (Å²) in [7, 11) is 1.35. The molecule has 0 aromatic heterocycles. The molecule has 16 heavy (non-hydrogen) atoms. The van der Waals surface area contributed by atoms with E-state index in [0.717, 1.165) is 5.56 Å². The fourth-order valence-corrected chi connectivity index (χ4v) is 1.31. The number of nitrogens with two attached hydrogens (primary N) is 1. The van der Waals surface area contributed by atoms with E-state index in [1.165, 1.54) is 7.11 Å². The topological polar surface area (TPSA) is 81.4 Å². The summed E-state index contributed by atoms with van der Waals surface area (Å²) in [5, 5.41) is 2.44. The van der Waals surface area contributed by atoms with Gasteiger partial charge in [0.25, 0.3) is 0 Å². The maximum Gasteiger partial charge on any atom is 0.316 e. The fraction of sp³-hybridized carbons (Fsp3) is 0.273. The largest absolute Gasteiger partial charge is 0.469 e. The van der Waals surface area contributed by atoms with Gasteiger partial charge in [-0.05, 0) is 24.6 Å². The van der Waals surface area contributed by atoms with Crippen molar-refractivity contribution < 1.29 is 14.3 Å². The summed E-state index contributed by atoms with van der Waals surface area (Å²) in [4.78, 5) is 21.8. The van der Waals surface area contributed by atoms with Crippen molar-refractivity contribution in [1.29, 1.82) is 0 Å². The lowest BCUT2D eigenvalue weighted by Crippen LogP contribution is -2.19. The predicted octanol–water partition coefficient (Wildman–Crippen LogP) is 1.45. The van der Waals surface area contributed by atoms with E-state index in [-0.39, 0.29) is 11.9 Å². The second-order valence-corrected chi connectivity index (χ2v) is 3.36. The van der Waals surface area contributed by atoms with Gasteiger partial charge in [0.1, 0.15) is 0 Å². The number of nitrogens with one attached hydrogen (secondary N) is 1. The van der Waals surface area contributed by atoms with Crippen LogP contribution in [0.1, 0.15) is 18.4 Å². The molecule has 0 aliphatic heterocycles. The molecule has 0 spiro atoms. The maximum absolute atomic E-state index is 11.3. The molecule has 0 aliphatic carbocycles. The Morgan fingerprint density at radius 2 is 1.88 bits per heavy atom. The van der Waals surface area contributed by atoms with Crippen molar-refractivity contribution in [2.24, 2.45) is 5.73 Å². The summed E-state index contributed by atoms with van der Waals surface area (Å²) < 4.78 is 4.63. The van der Waals surface area contributed by atoms with Crippen molar-refractivity contribution in [3.8, 4) is 0 Å². The second-order valence-electron chi connectivity index (χ2n) is 3.36. The van der Waals surface area contributed by atoms with Crippen LogP contribution in [-0.4, -0.2) is 19.1 Å². The van der Waals surface area contributed by atoms with Gasteiger partial charge in [-0.15, -0.1) is 0 Å². The Kier molecular flexibility index (Phi) is 3.88. The summed E-state index contributed by atoms with van der Waals surface area (Å²) in [6, 6.07) is 6.23. The number of carbonyl (C=O) groups excluding carboxylic acids is 2. The zero-order chi connectivity index (χ0) is 12.1. The first kappa shape index (κ1) is 12.0. The molecule has 0 heterocycles. The van der Waals surface area contributed by atoms with Gasteiger partial charge in [-0.2, -0.15) is 0 Å². The zero-order valence-electron chi connectivity index (χ0n) is 9.19. The number of hydrogen-bond donors (Lipinski definition) is 2. The number of urea groups is 1. The molecule has 0 unspecified atom stereocenters. The molecule has 0 bridgehead atoms. The molecule has 3 N–H and O–H groups in total. The highest BCUT2D eigenvalue weighted by Crippen LogP contribution is 2.18. The van der Waals surface area contributed by atoms with Crippen molar-refractivity contribution in [2.45, 2.75) is 12.8 Å². The van der Waals surface area contributed by atoms with Crippen LogP contribution in [0, 0.1) is 0 Å². The number of amides is 2. The van der Waals surface area contributed by atoms with Crippen molar-refractivity contribution >= 4 is 17.7 Å². The minimum absolute atomic E-state index is 0.296. The van der Waals surface area contributed by atoms with Gasteiger partial charge in [-0.3, -0.25) is 4.79 Å². The molecule has 0 aliphatic rings. The number of primary amides is 1. The average molecular weight is 222 g/mol. The molecular weight excluding hydrogens is 208 g/mol. The van der Waals surface area contributed by atoms with Gasteiger partial charge in [0.2, 0.25) is 0 Å². The monoisotopic (exact) mass is 222 g/mol. The summed E-state index contributed by atoms with van der Waals surface area (Å²) in [5.41, 5.74) is 6.38. The Morgan fingerprint density at radius 3 is 2.31 bits per heavy atom. The summed E-state index contributed by atoms with van der Waals surface area (Å²) >= 11 is 0. The minimum Gasteiger partial charge on any atom is -0.469 e. The molecule has 0 radical (unpaired) electrons. The normalized spacial score (nSPS) is 11.6. The predicted molar refractivity (Wildman–Crippen MR) is 60.1 cm³/mol.